The lowest BCUT2D eigenvalue weighted by Gasteiger charge is -2.22. The van der Waals surface area contributed by atoms with Gasteiger partial charge in [-0.2, -0.15) is 5.10 Å². The Kier molecular flexibility index (Phi) is 4.32. The zero-order chi connectivity index (χ0) is 18.9. The fraction of sp³-hybridized carbons (Fsp3) is 0.350. The van der Waals surface area contributed by atoms with E-state index in [4.69, 9.17) is 4.74 Å². The van der Waals surface area contributed by atoms with Gasteiger partial charge in [0, 0.05) is 35.3 Å². The molecular formula is C20H20N6O2. The largest absolute Gasteiger partial charge is 0.377 e. The van der Waals surface area contributed by atoms with Crippen LogP contribution < -0.4 is 10.9 Å². The topological polar surface area (TPSA) is 94.8 Å². The summed E-state index contributed by atoms with van der Waals surface area (Å²) in [5.74, 6) is 0.848. The van der Waals surface area contributed by atoms with Gasteiger partial charge in [0.15, 0.2) is 0 Å². The number of hydrogen-bond donors (Lipinski definition) is 1. The summed E-state index contributed by atoms with van der Waals surface area (Å²) in [4.78, 5) is 25.4. The van der Waals surface area contributed by atoms with Crippen molar-refractivity contribution in [2.75, 3.05) is 18.5 Å². The Labute approximate surface area is 161 Å². The van der Waals surface area contributed by atoms with E-state index >= 15 is 0 Å². The van der Waals surface area contributed by atoms with Crippen LogP contribution in [0, 0.1) is 0 Å². The molecule has 0 amide bonds. The fourth-order valence-corrected chi connectivity index (χ4v) is 3.92. The van der Waals surface area contributed by atoms with Crippen LogP contribution in [0.5, 0.6) is 0 Å². The first-order valence-corrected chi connectivity index (χ1v) is 9.47. The highest BCUT2D eigenvalue weighted by molar-refractivity contribution is 5.57. The van der Waals surface area contributed by atoms with E-state index < -0.39 is 0 Å². The molecule has 0 saturated carbocycles. The van der Waals surface area contributed by atoms with Gasteiger partial charge in [0.1, 0.15) is 18.2 Å². The predicted octanol–water partition coefficient (Wildman–Crippen LogP) is 1.64. The number of nitrogens with one attached hydrogen (secondary N) is 1. The van der Waals surface area contributed by atoms with Crippen LogP contribution in [0.3, 0.4) is 0 Å². The molecule has 4 heterocycles. The Morgan fingerprint density at radius 1 is 1.07 bits per heavy atom. The summed E-state index contributed by atoms with van der Waals surface area (Å²) in [5, 5.41) is 8.10. The van der Waals surface area contributed by atoms with Crippen molar-refractivity contribution in [3.8, 4) is 11.3 Å². The SMILES string of the molecule is O=c1ccc(-c2ccncc2)nn1C1COCC1Nc1ncnc2c1CCC2. The standard InChI is InChI=1S/C20H20N6O2/c27-19-5-4-15(13-6-8-21-9-7-13)25-26(19)18-11-28-10-17(18)24-20-14-2-1-3-16(14)22-12-23-20/h4-9,12,17-18H,1-3,10-11H2,(H,22,23,24). The molecule has 1 N–H and O–H groups in total. The van der Waals surface area contributed by atoms with E-state index in [1.54, 1.807) is 30.9 Å². The van der Waals surface area contributed by atoms with Crippen LogP contribution in [-0.4, -0.2) is 44.0 Å². The first-order chi connectivity index (χ1) is 13.8. The third kappa shape index (κ3) is 3.05. The van der Waals surface area contributed by atoms with E-state index in [0.717, 1.165) is 42.0 Å². The Morgan fingerprint density at radius 3 is 2.86 bits per heavy atom. The minimum atomic E-state index is -0.207. The van der Waals surface area contributed by atoms with Crippen molar-refractivity contribution in [1.29, 1.82) is 0 Å². The molecule has 0 spiro atoms. The molecule has 3 aromatic heterocycles. The minimum absolute atomic E-state index is 0.0857. The second-order valence-corrected chi connectivity index (χ2v) is 7.09. The number of nitrogens with zero attached hydrogens (tertiary/aromatic N) is 5. The highest BCUT2D eigenvalue weighted by Gasteiger charge is 2.33. The van der Waals surface area contributed by atoms with E-state index in [2.05, 4.69) is 25.4 Å². The smallest absolute Gasteiger partial charge is 0.267 e. The van der Waals surface area contributed by atoms with Gasteiger partial charge in [-0.05, 0) is 37.5 Å². The summed E-state index contributed by atoms with van der Waals surface area (Å²) >= 11 is 0. The number of pyridine rings is 1. The van der Waals surface area contributed by atoms with Crippen molar-refractivity contribution < 1.29 is 4.74 Å². The van der Waals surface area contributed by atoms with E-state index in [0.29, 0.717) is 13.2 Å². The maximum Gasteiger partial charge on any atom is 0.267 e. The molecule has 0 bridgehead atoms. The Hall–Kier alpha value is -3.13. The average Bonchev–Trinajstić information content (AvgIpc) is 3.39. The van der Waals surface area contributed by atoms with Gasteiger partial charge >= 0.3 is 0 Å². The first kappa shape index (κ1) is 17.0. The van der Waals surface area contributed by atoms with Gasteiger partial charge in [0.05, 0.1) is 24.9 Å². The molecule has 0 radical (unpaired) electrons. The summed E-state index contributed by atoms with van der Waals surface area (Å²) in [5.41, 5.74) is 3.80. The molecule has 8 nitrogen and oxygen atoms in total. The van der Waals surface area contributed by atoms with E-state index in [-0.39, 0.29) is 17.6 Å². The first-order valence-electron chi connectivity index (χ1n) is 9.47. The molecule has 142 valence electrons. The lowest BCUT2D eigenvalue weighted by Crippen LogP contribution is -2.37. The average molecular weight is 376 g/mol. The zero-order valence-electron chi connectivity index (χ0n) is 15.3. The van der Waals surface area contributed by atoms with Gasteiger partial charge in [0.2, 0.25) is 0 Å². The van der Waals surface area contributed by atoms with Crippen molar-refractivity contribution >= 4 is 5.82 Å². The lowest BCUT2D eigenvalue weighted by atomic mass is 10.1. The van der Waals surface area contributed by atoms with Crippen molar-refractivity contribution in [2.24, 2.45) is 0 Å². The van der Waals surface area contributed by atoms with Gasteiger partial charge in [-0.1, -0.05) is 0 Å². The molecule has 2 atom stereocenters. The van der Waals surface area contributed by atoms with Crippen LogP contribution in [0.2, 0.25) is 0 Å². The Bertz CT molecular complexity index is 1050. The molecule has 1 aliphatic heterocycles. The summed E-state index contributed by atoms with van der Waals surface area (Å²) in [6.07, 6.45) is 8.10. The van der Waals surface area contributed by atoms with E-state index in [1.165, 1.54) is 10.2 Å². The van der Waals surface area contributed by atoms with Crippen molar-refractivity contribution in [1.82, 2.24) is 24.7 Å². The van der Waals surface area contributed by atoms with E-state index in [1.807, 2.05) is 12.1 Å². The number of ether oxygens (including phenoxy) is 1. The molecule has 1 aliphatic carbocycles. The van der Waals surface area contributed by atoms with Crippen LogP contribution in [0.4, 0.5) is 5.82 Å². The number of aromatic nitrogens is 5. The van der Waals surface area contributed by atoms with Crippen molar-refractivity contribution in [3.05, 3.63) is 64.6 Å². The molecule has 8 heteroatoms. The number of hydrogen-bond acceptors (Lipinski definition) is 7. The Balaban J connectivity index is 1.46. The van der Waals surface area contributed by atoms with Gasteiger partial charge in [-0.15, -0.1) is 0 Å². The van der Waals surface area contributed by atoms with Crippen LogP contribution in [0.15, 0.2) is 47.8 Å². The van der Waals surface area contributed by atoms with Gasteiger partial charge in [0.25, 0.3) is 5.56 Å². The van der Waals surface area contributed by atoms with Gasteiger partial charge in [-0.3, -0.25) is 9.78 Å². The summed E-state index contributed by atoms with van der Waals surface area (Å²) < 4.78 is 7.23. The van der Waals surface area contributed by atoms with E-state index in [9.17, 15) is 4.79 Å². The number of rotatable bonds is 4. The highest BCUT2D eigenvalue weighted by atomic mass is 16.5. The molecule has 3 aromatic rings. The quantitative estimate of drug-likeness (QED) is 0.739. The second-order valence-electron chi connectivity index (χ2n) is 7.09. The molecule has 1 fully saturated rings. The maximum atomic E-state index is 12.6. The molecular weight excluding hydrogens is 356 g/mol. The number of fused-ring (bicyclic) bond motifs is 1. The highest BCUT2D eigenvalue weighted by Crippen LogP contribution is 2.28. The van der Waals surface area contributed by atoms with Crippen LogP contribution in [-0.2, 0) is 17.6 Å². The molecule has 28 heavy (non-hydrogen) atoms. The normalized spacial score (nSPS) is 20.9. The summed E-state index contributed by atoms with van der Waals surface area (Å²) in [6.45, 7) is 0.925. The van der Waals surface area contributed by atoms with Gasteiger partial charge in [-0.25, -0.2) is 14.6 Å². The molecule has 2 aliphatic rings. The molecule has 5 rings (SSSR count). The lowest BCUT2D eigenvalue weighted by molar-refractivity contribution is 0.183. The molecule has 2 unspecified atom stereocenters. The van der Waals surface area contributed by atoms with Crippen molar-refractivity contribution in [2.45, 2.75) is 31.3 Å². The summed E-state index contributed by atoms with van der Waals surface area (Å²) in [6, 6.07) is 6.76. The Morgan fingerprint density at radius 2 is 1.96 bits per heavy atom. The monoisotopic (exact) mass is 376 g/mol. The fourth-order valence-electron chi connectivity index (χ4n) is 3.92. The number of aryl methyl sites for hydroxylation is 1. The summed E-state index contributed by atoms with van der Waals surface area (Å²) in [7, 11) is 0. The second kappa shape index (κ2) is 7.12. The van der Waals surface area contributed by atoms with Crippen LogP contribution in [0.25, 0.3) is 11.3 Å². The number of anilines is 1. The van der Waals surface area contributed by atoms with Gasteiger partial charge < -0.3 is 10.1 Å². The van der Waals surface area contributed by atoms with Crippen LogP contribution >= 0.6 is 0 Å². The third-order valence-electron chi connectivity index (χ3n) is 5.36. The maximum absolute atomic E-state index is 12.6. The molecule has 0 aromatic carbocycles. The van der Waals surface area contributed by atoms with Crippen LogP contribution in [0.1, 0.15) is 23.7 Å². The minimum Gasteiger partial charge on any atom is -0.377 e. The van der Waals surface area contributed by atoms with Crippen molar-refractivity contribution in [3.63, 3.8) is 0 Å². The third-order valence-corrected chi connectivity index (χ3v) is 5.36. The predicted molar refractivity (Wildman–Crippen MR) is 103 cm³/mol. The molecule has 1 saturated heterocycles. The zero-order valence-corrected chi connectivity index (χ0v) is 15.3.